The first-order chi connectivity index (χ1) is 8.78. The molecule has 0 aliphatic heterocycles. The van der Waals surface area contributed by atoms with Crippen LogP contribution in [0.1, 0.15) is 38.2 Å². The van der Waals surface area contributed by atoms with E-state index in [0.29, 0.717) is 6.54 Å². The molecule has 2 rings (SSSR count). The van der Waals surface area contributed by atoms with Crippen molar-refractivity contribution in [1.29, 1.82) is 0 Å². The highest BCUT2D eigenvalue weighted by molar-refractivity contribution is 5.75. The molecule has 0 spiro atoms. The molecule has 100 valence electrons. The minimum absolute atomic E-state index is 0.0979. The molecule has 18 heavy (non-hydrogen) atoms. The number of rotatable bonds is 8. The lowest BCUT2D eigenvalue weighted by Gasteiger charge is -2.05. The summed E-state index contributed by atoms with van der Waals surface area (Å²) in [5.41, 5.74) is 1.25. The second kappa shape index (κ2) is 6.59. The molecule has 0 aromatic carbocycles. The maximum Gasteiger partial charge on any atom is 0.239 e. The molecule has 1 amide bonds. The van der Waals surface area contributed by atoms with Gasteiger partial charge in [0, 0.05) is 31.5 Å². The van der Waals surface area contributed by atoms with Crippen LogP contribution >= 0.6 is 0 Å². The van der Waals surface area contributed by atoms with Crippen LogP contribution < -0.4 is 10.6 Å². The zero-order chi connectivity index (χ0) is 12.8. The SMILES string of the molecule is CCCCNC(=O)Cn1ccc(CNC2CC2)c1. The van der Waals surface area contributed by atoms with Gasteiger partial charge in [0.1, 0.15) is 6.54 Å². The maximum absolute atomic E-state index is 11.6. The van der Waals surface area contributed by atoms with Gasteiger partial charge >= 0.3 is 0 Å². The van der Waals surface area contributed by atoms with Crippen LogP contribution in [0, 0.1) is 0 Å². The van der Waals surface area contributed by atoms with Gasteiger partial charge in [-0.2, -0.15) is 0 Å². The molecule has 1 heterocycles. The molecule has 0 saturated heterocycles. The van der Waals surface area contributed by atoms with Gasteiger partial charge in [-0.25, -0.2) is 0 Å². The van der Waals surface area contributed by atoms with Crippen molar-refractivity contribution in [2.75, 3.05) is 6.54 Å². The Bertz CT molecular complexity index is 382. The largest absolute Gasteiger partial charge is 0.355 e. The van der Waals surface area contributed by atoms with Gasteiger partial charge in [0.25, 0.3) is 0 Å². The van der Waals surface area contributed by atoms with Crippen LogP contribution in [-0.2, 0) is 17.9 Å². The van der Waals surface area contributed by atoms with Crippen LogP contribution in [0.4, 0.5) is 0 Å². The van der Waals surface area contributed by atoms with Crippen LogP contribution in [0.3, 0.4) is 0 Å². The quantitative estimate of drug-likeness (QED) is 0.688. The van der Waals surface area contributed by atoms with Crippen molar-refractivity contribution in [3.05, 3.63) is 24.0 Å². The van der Waals surface area contributed by atoms with Crippen LogP contribution in [0.15, 0.2) is 18.5 Å². The number of carbonyl (C=O) groups excluding carboxylic acids is 1. The van der Waals surface area contributed by atoms with Gasteiger partial charge in [-0.3, -0.25) is 4.79 Å². The molecule has 2 N–H and O–H groups in total. The highest BCUT2D eigenvalue weighted by Gasteiger charge is 2.19. The lowest BCUT2D eigenvalue weighted by atomic mass is 10.3. The monoisotopic (exact) mass is 249 g/mol. The molecule has 1 aromatic heterocycles. The first kappa shape index (κ1) is 13.1. The third-order valence-corrected chi connectivity index (χ3v) is 3.16. The maximum atomic E-state index is 11.6. The number of unbranched alkanes of at least 4 members (excludes halogenated alkanes) is 1. The average molecular weight is 249 g/mol. The average Bonchev–Trinajstić information content (AvgIpc) is 3.08. The number of hydrogen-bond donors (Lipinski definition) is 2. The number of aromatic nitrogens is 1. The van der Waals surface area contributed by atoms with Crippen LogP contribution in [0.2, 0.25) is 0 Å². The molecule has 1 aliphatic carbocycles. The normalized spacial score (nSPS) is 14.7. The molecule has 4 nitrogen and oxygen atoms in total. The van der Waals surface area contributed by atoms with Gasteiger partial charge in [0.05, 0.1) is 0 Å². The van der Waals surface area contributed by atoms with Gasteiger partial charge in [0.2, 0.25) is 5.91 Å². The Morgan fingerprint density at radius 2 is 2.33 bits per heavy atom. The molecular formula is C14H23N3O. The molecule has 4 heteroatoms. The summed E-state index contributed by atoms with van der Waals surface area (Å²) in [6.45, 7) is 4.24. The molecule has 1 aromatic rings. The summed E-state index contributed by atoms with van der Waals surface area (Å²) >= 11 is 0. The molecule has 0 atom stereocenters. The molecule has 0 bridgehead atoms. The van der Waals surface area contributed by atoms with Crippen molar-refractivity contribution in [3.8, 4) is 0 Å². The van der Waals surface area contributed by atoms with E-state index in [1.807, 2.05) is 10.8 Å². The number of nitrogens with one attached hydrogen (secondary N) is 2. The van der Waals surface area contributed by atoms with E-state index in [1.54, 1.807) is 0 Å². The van der Waals surface area contributed by atoms with Crippen molar-refractivity contribution in [2.24, 2.45) is 0 Å². The molecule has 0 unspecified atom stereocenters. The second-order valence-electron chi connectivity index (χ2n) is 5.05. The number of nitrogens with zero attached hydrogens (tertiary/aromatic N) is 1. The van der Waals surface area contributed by atoms with Crippen molar-refractivity contribution in [2.45, 2.75) is 51.7 Å². The van der Waals surface area contributed by atoms with Crippen LogP contribution in [0.25, 0.3) is 0 Å². The van der Waals surface area contributed by atoms with Gasteiger partial charge in [-0.15, -0.1) is 0 Å². The van der Waals surface area contributed by atoms with Crippen molar-refractivity contribution >= 4 is 5.91 Å². The number of hydrogen-bond acceptors (Lipinski definition) is 2. The third-order valence-electron chi connectivity index (χ3n) is 3.16. The smallest absolute Gasteiger partial charge is 0.239 e. The predicted octanol–water partition coefficient (Wildman–Crippen LogP) is 1.66. The van der Waals surface area contributed by atoms with E-state index in [9.17, 15) is 4.79 Å². The Labute approximate surface area is 109 Å². The molecular weight excluding hydrogens is 226 g/mol. The molecule has 1 fully saturated rings. The summed E-state index contributed by atoms with van der Waals surface area (Å²) in [6.07, 6.45) is 8.80. The standard InChI is InChI=1S/C14H23N3O/c1-2-3-7-15-14(18)11-17-8-6-12(10-17)9-16-13-4-5-13/h6,8,10,13,16H,2-5,7,9,11H2,1H3,(H,15,18). The van der Waals surface area contributed by atoms with Gasteiger partial charge in [-0.05, 0) is 30.9 Å². The Hall–Kier alpha value is -1.29. The summed E-state index contributed by atoms with van der Waals surface area (Å²) < 4.78 is 1.95. The summed E-state index contributed by atoms with van der Waals surface area (Å²) in [6, 6.07) is 2.81. The minimum Gasteiger partial charge on any atom is -0.355 e. The molecule has 1 aliphatic rings. The minimum atomic E-state index is 0.0979. The zero-order valence-electron chi connectivity index (χ0n) is 11.1. The molecule has 0 radical (unpaired) electrons. The molecule has 1 saturated carbocycles. The Kier molecular flexibility index (Phi) is 4.81. The van der Waals surface area contributed by atoms with E-state index < -0.39 is 0 Å². The Balaban J connectivity index is 1.69. The lowest BCUT2D eigenvalue weighted by Crippen LogP contribution is -2.27. The van der Waals surface area contributed by atoms with E-state index in [0.717, 1.165) is 32.0 Å². The van der Waals surface area contributed by atoms with E-state index in [1.165, 1.54) is 18.4 Å². The summed E-state index contributed by atoms with van der Waals surface area (Å²) in [7, 11) is 0. The van der Waals surface area contributed by atoms with E-state index >= 15 is 0 Å². The summed E-state index contributed by atoms with van der Waals surface area (Å²) in [5.74, 6) is 0.0979. The fourth-order valence-corrected chi connectivity index (χ4v) is 1.87. The van der Waals surface area contributed by atoms with Crippen LogP contribution in [0.5, 0.6) is 0 Å². The Morgan fingerprint density at radius 1 is 1.50 bits per heavy atom. The van der Waals surface area contributed by atoms with Crippen molar-refractivity contribution in [3.63, 3.8) is 0 Å². The first-order valence-electron chi connectivity index (χ1n) is 6.92. The van der Waals surface area contributed by atoms with Gasteiger partial charge < -0.3 is 15.2 Å². The lowest BCUT2D eigenvalue weighted by molar-refractivity contribution is -0.121. The fourth-order valence-electron chi connectivity index (χ4n) is 1.87. The van der Waals surface area contributed by atoms with Crippen LogP contribution in [-0.4, -0.2) is 23.1 Å². The predicted molar refractivity (Wildman–Crippen MR) is 72.2 cm³/mol. The van der Waals surface area contributed by atoms with E-state index in [4.69, 9.17) is 0 Å². The highest BCUT2D eigenvalue weighted by Crippen LogP contribution is 2.19. The third kappa shape index (κ3) is 4.53. The second-order valence-corrected chi connectivity index (χ2v) is 5.05. The van der Waals surface area contributed by atoms with Gasteiger partial charge in [-0.1, -0.05) is 13.3 Å². The summed E-state index contributed by atoms with van der Waals surface area (Å²) in [4.78, 5) is 11.6. The fraction of sp³-hybridized carbons (Fsp3) is 0.643. The number of carbonyl (C=O) groups is 1. The summed E-state index contributed by atoms with van der Waals surface area (Å²) in [5, 5.41) is 6.39. The van der Waals surface area contributed by atoms with E-state index in [2.05, 4.69) is 29.8 Å². The van der Waals surface area contributed by atoms with E-state index in [-0.39, 0.29) is 5.91 Å². The highest BCUT2D eigenvalue weighted by atomic mass is 16.1. The Morgan fingerprint density at radius 3 is 3.06 bits per heavy atom. The van der Waals surface area contributed by atoms with Crippen molar-refractivity contribution in [1.82, 2.24) is 15.2 Å². The first-order valence-corrected chi connectivity index (χ1v) is 6.92. The topological polar surface area (TPSA) is 46.1 Å². The van der Waals surface area contributed by atoms with Gasteiger partial charge in [0.15, 0.2) is 0 Å². The van der Waals surface area contributed by atoms with Crippen molar-refractivity contribution < 1.29 is 4.79 Å². The zero-order valence-corrected chi connectivity index (χ0v) is 11.1. The number of amides is 1.